The lowest BCUT2D eigenvalue weighted by Gasteiger charge is -2.19. The van der Waals surface area contributed by atoms with E-state index in [-0.39, 0.29) is 12.2 Å². The first kappa shape index (κ1) is 7.63. The number of alkyl halides is 2. The Balaban J connectivity index is 2.39. The molecule has 1 fully saturated rings. The van der Waals surface area contributed by atoms with Crippen molar-refractivity contribution in [3.63, 3.8) is 0 Å². The quantitative estimate of drug-likeness (QED) is 0.556. The van der Waals surface area contributed by atoms with Crippen LogP contribution in [0.3, 0.4) is 0 Å². The van der Waals surface area contributed by atoms with E-state index in [0.717, 1.165) is 0 Å². The average Bonchev–Trinajstić information content (AvgIpc) is 1.88. The zero-order chi connectivity index (χ0) is 7.56. The highest BCUT2D eigenvalue weighted by molar-refractivity contribution is 5.79. The molecule has 58 valence electrons. The SMILES string of the molecule is O=C1CCC[C@@H](C(F)F)C1. The highest BCUT2D eigenvalue weighted by Gasteiger charge is 2.26. The van der Waals surface area contributed by atoms with Crippen molar-refractivity contribution in [2.75, 3.05) is 0 Å². The minimum absolute atomic E-state index is 0.00319. The second kappa shape index (κ2) is 3.08. The van der Waals surface area contributed by atoms with Gasteiger partial charge in [0.2, 0.25) is 6.43 Å². The van der Waals surface area contributed by atoms with Gasteiger partial charge in [-0.05, 0) is 12.8 Å². The Kier molecular flexibility index (Phi) is 2.35. The van der Waals surface area contributed by atoms with Gasteiger partial charge < -0.3 is 0 Å². The third kappa shape index (κ3) is 1.75. The summed E-state index contributed by atoms with van der Waals surface area (Å²) in [4.78, 5) is 10.6. The van der Waals surface area contributed by atoms with Crippen LogP contribution in [0.4, 0.5) is 8.78 Å². The Morgan fingerprint density at radius 1 is 1.50 bits per heavy atom. The van der Waals surface area contributed by atoms with Gasteiger partial charge >= 0.3 is 0 Å². The maximum atomic E-state index is 11.9. The fraction of sp³-hybridized carbons (Fsp3) is 0.857. The van der Waals surface area contributed by atoms with E-state index in [4.69, 9.17) is 0 Å². The van der Waals surface area contributed by atoms with Crippen molar-refractivity contribution in [1.82, 2.24) is 0 Å². The number of Topliss-reactive ketones (excluding diaryl/α,β-unsaturated/α-hetero) is 1. The second-order valence-electron chi connectivity index (χ2n) is 2.73. The fourth-order valence-electron chi connectivity index (χ4n) is 1.27. The molecule has 0 aliphatic heterocycles. The van der Waals surface area contributed by atoms with E-state index in [1.807, 2.05) is 0 Å². The number of carbonyl (C=O) groups excluding carboxylic acids is 1. The summed E-state index contributed by atoms with van der Waals surface area (Å²) >= 11 is 0. The molecule has 0 heterocycles. The van der Waals surface area contributed by atoms with Crippen LogP contribution in [0.15, 0.2) is 0 Å². The molecule has 1 aliphatic rings. The summed E-state index contributed by atoms with van der Waals surface area (Å²) in [6, 6.07) is 0. The van der Waals surface area contributed by atoms with E-state index in [0.29, 0.717) is 19.3 Å². The van der Waals surface area contributed by atoms with Crippen LogP contribution in [-0.2, 0) is 4.79 Å². The van der Waals surface area contributed by atoms with Crippen LogP contribution in [0, 0.1) is 5.92 Å². The molecular weight excluding hydrogens is 138 g/mol. The monoisotopic (exact) mass is 148 g/mol. The largest absolute Gasteiger partial charge is 0.300 e. The first-order valence-electron chi connectivity index (χ1n) is 3.50. The molecule has 0 aromatic carbocycles. The number of halogens is 2. The fourth-order valence-corrected chi connectivity index (χ4v) is 1.27. The molecule has 0 saturated heterocycles. The lowest BCUT2D eigenvalue weighted by Crippen LogP contribution is -2.20. The maximum absolute atomic E-state index is 11.9. The van der Waals surface area contributed by atoms with Gasteiger partial charge in [0.25, 0.3) is 0 Å². The van der Waals surface area contributed by atoms with Gasteiger partial charge in [0.1, 0.15) is 5.78 Å². The van der Waals surface area contributed by atoms with E-state index in [1.165, 1.54) is 0 Å². The third-order valence-corrected chi connectivity index (χ3v) is 1.88. The van der Waals surface area contributed by atoms with Crippen LogP contribution in [-0.4, -0.2) is 12.2 Å². The predicted molar refractivity (Wildman–Crippen MR) is 33.0 cm³/mol. The Morgan fingerprint density at radius 2 is 2.20 bits per heavy atom. The van der Waals surface area contributed by atoms with E-state index in [2.05, 4.69) is 0 Å². The molecule has 1 rings (SSSR count). The summed E-state index contributed by atoms with van der Waals surface area (Å²) in [6.07, 6.45) is -0.540. The van der Waals surface area contributed by atoms with E-state index < -0.39 is 12.3 Å². The van der Waals surface area contributed by atoms with Crippen molar-refractivity contribution in [1.29, 1.82) is 0 Å². The molecule has 0 aromatic heterocycles. The molecule has 0 aromatic rings. The smallest absolute Gasteiger partial charge is 0.241 e. The standard InChI is InChI=1S/C7H10F2O/c8-7(9)5-2-1-3-6(10)4-5/h5,7H,1-4H2/t5-/m1/s1. The first-order valence-corrected chi connectivity index (χ1v) is 3.50. The Labute approximate surface area is 58.4 Å². The summed E-state index contributed by atoms with van der Waals surface area (Å²) in [5.74, 6) is -0.655. The molecule has 1 saturated carbocycles. The molecule has 0 spiro atoms. The predicted octanol–water partition coefficient (Wildman–Crippen LogP) is 2.01. The molecule has 10 heavy (non-hydrogen) atoms. The zero-order valence-corrected chi connectivity index (χ0v) is 5.65. The summed E-state index contributed by atoms with van der Waals surface area (Å²) in [7, 11) is 0. The molecule has 3 heteroatoms. The zero-order valence-electron chi connectivity index (χ0n) is 5.65. The molecule has 0 N–H and O–H groups in total. The normalized spacial score (nSPS) is 27.5. The number of hydrogen-bond donors (Lipinski definition) is 0. The van der Waals surface area contributed by atoms with Crippen LogP contribution in [0.2, 0.25) is 0 Å². The van der Waals surface area contributed by atoms with Crippen molar-refractivity contribution in [2.24, 2.45) is 5.92 Å². The first-order chi connectivity index (χ1) is 4.70. The highest BCUT2D eigenvalue weighted by Crippen LogP contribution is 2.26. The van der Waals surface area contributed by atoms with Crippen LogP contribution < -0.4 is 0 Å². The summed E-state index contributed by atoms with van der Waals surface area (Å²) in [5, 5.41) is 0. The van der Waals surface area contributed by atoms with Crippen LogP contribution in [0.25, 0.3) is 0 Å². The lowest BCUT2D eigenvalue weighted by atomic mass is 9.89. The van der Waals surface area contributed by atoms with Gasteiger partial charge in [-0.25, -0.2) is 8.78 Å². The maximum Gasteiger partial charge on any atom is 0.241 e. The van der Waals surface area contributed by atoms with Crippen molar-refractivity contribution >= 4 is 5.78 Å². The van der Waals surface area contributed by atoms with Crippen molar-refractivity contribution in [3.05, 3.63) is 0 Å². The molecular formula is C7H10F2O. The Morgan fingerprint density at radius 3 is 2.60 bits per heavy atom. The van der Waals surface area contributed by atoms with E-state index in [9.17, 15) is 13.6 Å². The Bertz CT molecular complexity index is 134. The van der Waals surface area contributed by atoms with Crippen LogP contribution in [0.5, 0.6) is 0 Å². The number of hydrogen-bond acceptors (Lipinski definition) is 1. The lowest BCUT2D eigenvalue weighted by molar-refractivity contribution is -0.123. The topological polar surface area (TPSA) is 17.1 Å². The van der Waals surface area contributed by atoms with Gasteiger partial charge in [0.05, 0.1) is 0 Å². The molecule has 1 atom stereocenters. The van der Waals surface area contributed by atoms with Crippen molar-refractivity contribution < 1.29 is 13.6 Å². The summed E-state index contributed by atoms with van der Waals surface area (Å²) < 4.78 is 23.9. The van der Waals surface area contributed by atoms with Crippen LogP contribution >= 0.6 is 0 Å². The highest BCUT2D eigenvalue weighted by atomic mass is 19.3. The number of carbonyl (C=O) groups is 1. The van der Waals surface area contributed by atoms with Gasteiger partial charge in [0, 0.05) is 18.8 Å². The molecule has 0 unspecified atom stereocenters. The van der Waals surface area contributed by atoms with E-state index in [1.54, 1.807) is 0 Å². The summed E-state index contributed by atoms with van der Waals surface area (Å²) in [6.45, 7) is 0. The summed E-state index contributed by atoms with van der Waals surface area (Å²) in [5.41, 5.74) is 0. The Hall–Kier alpha value is -0.470. The molecule has 0 radical (unpaired) electrons. The van der Waals surface area contributed by atoms with Gasteiger partial charge in [-0.3, -0.25) is 4.79 Å². The van der Waals surface area contributed by atoms with Gasteiger partial charge in [-0.1, -0.05) is 0 Å². The minimum Gasteiger partial charge on any atom is -0.300 e. The van der Waals surface area contributed by atoms with Gasteiger partial charge in [-0.15, -0.1) is 0 Å². The van der Waals surface area contributed by atoms with Gasteiger partial charge in [-0.2, -0.15) is 0 Å². The number of ketones is 1. The van der Waals surface area contributed by atoms with Crippen LogP contribution in [0.1, 0.15) is 25.7 Å². The van der Waals surface area contributed by atoms with E-state index >= 15 is 0 Å². The molecule has 1 nitrogen and oxygen atoms in total. The van der Waals surface area contributed by atoms with Crippen molar-refractivity contribution in [3.8, 4) is 0 Å². The third-order valence-electron chi connectivity index (χ3n) is 1.88. The van der Waals surface area contributed by atoms with Crippen molar-refractivity contribution in [2.45, 2.75) is 32.1 Å². The molecule has 1 aliphatic carbocycles. The molecule has 0 bridgehead atoms. The van der Waals surface area contributed by atoms with Gasteiger partial charge in [0.15, 0.2) is 0 Å². The number of rotatable bonds is 1. The molecule has 0 amide bonds. The minimum atomic E-state index is -2.30. The average molecular weight is 148 g/mol. The second-order valence-corrected chi connectivity index (χ2v) is 2.73.